The molecule has 114 valence electrons. The van der Waals surface area contributed by atoms with Crippen LogP contribution in [-0.2, 0) is 4.79 Å². The molecule has 0 aliphatic heterocycles. The van der Waals surface area contributed by atoms with Gasteiger partial charge in [0.25, 0.3) is 0 Å². The van der Waals surface area contributed by atoms with Gasteiger partial charge in [0.1, 0.15) is 0 Å². The van der Waals surface area contributed by atoms with Crippen molar-refractivity contribution in [1.29, 1.82) is 0 Å². The van der Waals surface area contributed by atoms with Crippen LogP contribution in [0, 0.1) is 22.7 Å². The van der Waals surface area contributed by atoms with E-state index < -0.39 is 0 Å². The van der Waals surface area contributed by atoms with Crippen LogP contribution in [-0.4, -0.2) is 5.78 Å². The molecule has 2 aliphatic carbocycles. The van der Waals surface area contributed by atoms with Gasteiger partial charge in [-0.1, -0.05) is 46.6 Å². The molecular weight excluding hydrogens is 244 g/mol. The lowest BCUT2D eigenvalue weighted by Crippen LogP contribution is -2.46. The number of carbonyl (C=O) groups excluding carboxylic acids is 1. The molecule has 2 rings (SSSR count). The lowest BCUT2D eigenvalue weighted by Gasteiger charge is -2.54. The second-order valence-corrected chi connectivity index (χ2v) is 8.04. The molecule has 0 spiro atoms. The van der Waals surface area contributed by atoms with Crippen LogP contribution in [0.4, 0.5) is 0 Å². The first-order valence-corrected chi connectivity index (χ1v) is 8.52. The van der Waals surface area contributed by atoms with E-state index in [1.807, 2.05) is 6.92 Å². The van der Waals surface area contributed by atoms with Crippen molar-refractivity contribution < 1.29 is 4.79 Å². The molecule has 1 unspecified atom stereocenters. The Balaban J connectivity index is 2.44. The summed E-state index contributed by atoms with van der Waals surface area (Å²) in [6.45, 7) is 11.7. The van der Waals surface area contributed by atoms with E-state index in [0.29, 0.717) is 22.5 Å². The first-order valence-electron chi connectivity index (χ1n) is 8.52. The summed E-state index contributed by atoms with van der Waals surface area (Å²) in [5, 5.41) is 0. The normalized spacial score (nSPS) is 40.6. The van der Waals surface area contributed by atoms with Gasteiger partial charge in [-0.2, -0.15) is 0 Å². The van der Waals surface area contributed by atoms with Crippen LogP contribution in [0.1, 0.15) is 79.6 Å². The molecule has 1 nitrogen and oxygen atoms in total. The van der Waals surface area contributed by atoms with E-state index in [2.05, 4.69) is 33.8 Å². The summed E-state index contributed by atoms with van der Waals surface area (Å²) in [5.41, 5.74) is 1.83. The van der Waals surface area contributed by atoms with E-state index in [0.717, 1.165) is 24.3 Å². The van der Waals surface area contributed by atoms with Gasteiger partial charge in [-0.15, -0.1) is 0 Å². The Labute approximate surface area is 125 Å². The van der Waals surface area contributed by atoms with Crippen LogP contribution in [0.25, 0.3) is 0 Å². The van der Waals surface area contributed by atoms with Crippen molar-refractivity contribution >= 4 is 5.78 Å². The summed E-state index contributed by atoms with van der Waals surface area (Å²) in [6, 6.07) is 0. The smallest absolute Gasteiger partial charge is 0.158 e. The van der Waals surface area contributed by atoms with Crippen molar-refractivity contribution in [3.8, 4) is 0 Å². The predicted octanol–water partition coefficient (Wildman–Crippen LogP) is 5.54. The minimum Gasteiger partial charge on any atom is -0.295 e. The van der Waals surface area contributed by atoms with Gasteiger partial charge in [0.2, 0.25) is 0 Å². The molecule has 0 amide bonds. The molecule has 3 atom stereocenters. The third kappa shape index (κ3) is 2.61. The SMILES string of the molecule is C/C=C1/C(=O)CCCC[C@@H]2C(C)(C)CCCC2(C)[C@H]1C. The fourth-order valence-corrected chi connectivity index (χ4v) is 5.19. The zero-order valence-electron chi connectivity index (χ0n) is 14.1. The maximum atomic E-state index is 12.5. The first kappa shape index (κ1) is 15.8. The Morgan fingerprint density at radius 1 is 1.10 bits per heavy atom. The van der Waals surface area contributed by atoms with Gasteiger partial charge in [-0.25, -0.2) is 0 Å². The number of Topliss-reactive ketones (excluding diaryl/α,β-unsaturated/α-hetero) is 1. The molecular formula is C19H32O. The number of carbonyl (C=O) groups is 1. The van der Waals surface area contributed by atoms with Crippen molar-refractivity contribution in [1.82, 2.24) is 0 Å². The lowest BCUT2D eigenvalue weighted by molar-refractivity contribution is -0.117. The average molecular weight is 276 g/mol. The van der Waals surface area contributed by atoms with Gasteiger partial charge in [-0.3, -0.25) is 4.79 Å². The number of rotatable bonds is 0. The molecule has 0 saturated heterocycles. The molecule has 2 fully saturated rings. The van der Waals surface area contributed by atoms with E-state index in [-0.39, 0.29) is 0 Å². The third-order valence-corrected chi connectivity index (χ3v) is 6.51. The third-order valence-electron chi connectivity index (χ3n) is 6.51. The predicted molar refractivity (Wildman–Crippen MR) is 85.6 cm³/mol. The van der Waals surface area contributed by atoms with E-state index in [1.165, 1.54) is 32.1 Å². The molecule has 0 aromatic heterocycles. The summed E-state index contributed by atoms with van der Waals surface area (Å²) >= 11 is 0. The van der Waals surface area contributed by atoms with Crippen molar-refractivity contribution in [3.05, 3.63) is 11.6 Å². The number of allylic oxidation sites excluding steroid dienone is 2. The molecule has 0 heterocycles. The van der Waals surface area contributed by atoms with Gasteiger partial charge in [-0.05, 0) is 60.8 Å². The lowest BCUT2D eigenvalue weighted by atomic mass is 9.51. The molecule has 0 bridgehead atoms. The van der Waals surface area contributed by atoms with Crippen molar-refractivity contribution in [2.45, 2.75) is 79.6 Å². The monoisotopic (exact) mass is 276 g/mol. The quantitative estimate of drug-likeness (QED) is 0.530. The fourth-order valence-electron chi connectivity index (χ4n) is 5.19. The summed E-state index contributed by atoms with van der Waals surface area (Å²) < 4.78 is 0. The van der Waals surface area contributed by atoms with E-state index >= 15 is 0 Å². The highest BCUT2D eigenvalue weighted by molar-refractivity contribution is 5.95. The molecule has 0 aromatic rings. The maximum Gasteiger partial charge on any atom is 0.158 e. The number of hydrogen-bond acceptors (Lipinski definition) is 1. The largest absolute Gasteiger partial charge is 0.295 e. The Hall–Kier alpha value is -0.590. The topological polar surface area (TPSA) is 17.1 Å². The number of hydrogen-bond donors (Lipinski definition) is 0. The van der Waals surface area contributed by atoms with Crippen LogP contribution in [0.2, 0.25) is 0 Å². The molecule has 0 aromatic carbocycles. The summed E-state index contributed by atoms with van der Waals surface area (Å²) in [4.78, 5) is 12.5. The van der Waals surface area contributed by atoms with Crippen molar-refractivity contribution in [2.75, 3.05) is 0 Å². The number of fused-ring (bicyclic) bond motifs is 1. The zero-order valence-corrected chi connectivity index (χ0v) is 14.1. The van der Waals surface area contributed by atoms with Gasteiger partial charge < -0.3 is 0 Å². The van der Waals surface area contributed by atoms with Gasteiger partial charge in [0, 0.05) is 6.42 Å². The zero-order chi connectivity index (χ0) is 15.0. The van der Waals surface area contributed by atoms with Gasteiger partial charge in [0.05, 0.1) is 0 Å². The molecule has 2 aliphatic rings. The highest BCUT2D eigenvalue weighted by atomic mass is 16.1. The van der Waals surface area contributed by atoms with E-state index in [1.54, 1.807) is 0 Å². The minimum atomic E-state index is 0.295. The molecule has 0 radical (unpaired) electrons. The maximum absolute atomic E-state index is 12.5. The first-order chi connectivity index (χ1) is 9.33. The van der Waals surface area contributed by atoms with Crippen LogP contribution in [0.5, 0.6) is 0 Å². The summed E-state index contributed by atoms with van der Waals surface area (Å²) in [5.74, 6) is 1.56. The van der Waals surface area contributed by atoms with Gasteiger partial charge in [0.15, 0.2) is 5.78 Å². The minimum absolute atomic E-state index is 0.295. The van der Waals surface area contributed by atoms with Gasteiger partial charge >= 0.3 is 0 Å². The Kier molecular flexibility index (Phi) is 4.47. The van der Waals surface area contributed by atoms with Crippen LogP contribution in [0.15, 0.2) is 11.6 Å². The van der Waals surface area contributed by atoms with Crippen molar-refractivity contribution in [2.24, 2.45) is 22.7 Å². The second-order valence-electron chi connectivity index (χ2n) is 8.04. The standard InChI is InChI=1S/C19H32O/c1-6-15-14(2)19(5)13-9-12-18(3,4)17(19)11-8-7-10-16(15)20/h6,14,17H,7-13H2,1-5H3/b15-6+/t14-,17+,19?/m0/s1. The summed E-state index contributed by atoms with van der Waals surface area (Å²) in [6.07, 6.45) is 10.4. The fraction of sp³-hybridized carbons (Fsp3) is 0.842. The Morgan fingerprint density at radius 2 is 1.80 bits per heavy atom. The van der Waals surface area contributed by atoms with E-state index in [9.17, 15) is 4.79 Å². The average Bonchev–Trinajstić information content (AvgIpc) is 2.40. The van der Waals surface area contributed by atoms with E-state index in [4.69, 9.17) is 0 Å². The van der Waals surface area contributed by atoms with Crippen LogP contribution < -0.4 is 0 Å². The van der Waals surface area contributed by atoms with Crippen molar-refractivity contribution in [3.63, 3.8) is 0 Å². The molecule has 1 heteroatoms. The highest BCUT2D eigenvalue weighted by Gasteiger charge is 2.50. The second kappa shape index (κ2) is 5.66. The Morgan fingerprint density at radius 3 is 2.45 bits per heavy atom. The highest BCUT2D eigenvalue weighted by Crippen LogP contribution is 2.58. The Bertz CT molecular complexity index is 404. The van der Waals surface area contributed by atoms with Crippen LogP contribution >= 0.6 is 0 Å². The summed E-state index contributed by atoms with van der Waals surface area (Å²) in [7, 11) is 0. The molecule has 2 saturated carbocycles. The van der Waals surface area contributed by atoms with Crippen LogP contribution in [0.3, 0.4) is 0 Å². The molecule has 0 N–H and O–H groups in total. The number of ketones is 1. The molecule has 20 heavy (non-hydrogen) atoms.